The number of pyridine rings is 2. The highest BCUT2D eigenvalue weighted by Gasteiger charge is 2.11. The molecule has 1 atom stereocenters. The number of rotatable bonds is 4. The molecular formula is C14H16N4O. The van der Waals surface area contributed by atoms with Crippen LogP contribution < -0.4 is 10.6 Å². The smallest absolute Gasteiger partial charge is 0.251 e. The highest BCUT2D eigenvalue weighted by molar-refractivity contribution is 5.95. The van der Waals surface area contributed by atoms with Crippen molar-refractivity contribution in [3.8, 4) is 0 Å². The summed E-state index contributed by atoms with van der Waals surface area (Å²) in [6, 6.07) is 7.09. The summed E-state index contributed by atoms with van der Waals surface area (Å²) in [6.07, 6.45) is 5.06. The van der Waals surface area contributed by atoms with Gasteiger partial charge in [0.1, 0.15) is 5.82 Å². The minimum atomic E-state index is -0.129. The molecule has 5 heteroatoms. The Hall–Kier alpha value is -2.43. The van der Waals surface area contributed by atoms with Gasteiger partial charge in [0.2, 0.25) is 0 Å². The predicted octanol–water partition coefficient (Wildman–Crippen LogP) is 2.01. The number of carbonyl (C=O) groups excluding carboxylic acids is 1. The van der Waals surface area contributed by atoms with E-state index in [0.717, 1.165) is 5.56 Å². The summed E-state index contributed by atoms with van der Waals surface area (Å²) in [7, 11) is 1.77. The molecule has 2 rings (SSSR count). The summed E-state index contributed by atoms with van der Waals surface area (Å²) < 4.78 is 0. The Bertz CT molecular complexity index is 556. The van der Waals surface area contributed by atoms with Crippen LogP contribution in [-0.4, -0.2) is 22.9 Å². The number of nitrogens with one attached hydrogen (secondary N) is 2. The first-order valence-corrected chi connectivity index (χ1v) is 6.05. The second-order valence-electron chi connectivity index (χ2n) is 4.16. The zero-order chi connectivity index (χ0) is 13.7. The Morgan fingerprint density at radius 1 is 1.32 bits per heavy atom. The van der Waals surface area contributed by atoms with Crippen molar-refractivity contribution < 1.29 is 4.79 Å². The molecule has 19 heavy (non-hydrogen) atoms. The molecule has 0 aliphatic rings. The molecular weight excluding hydrogens is 240 g/mol. The maximum atomic E-state index is 12.1. The van der Waals surface area contributed by atoms with Gasteiger partial charge < -0.3 is 10.6 Å². The molecule has 0 aromatic carbocycles. The third kappa shape index (κ3) is 3.28. The van der Waals surface area contributed by atoms with Gasteiger partial charge >= 0.3 is 0 Å². The summed E-state index contributed by atoms with van der Waals surface area (Å²) in [5.41, 5.74) is 1.55. The normalized spacial score (nSPS) is 11.7. The summed E-state index contributed by atoms with van der Waals surface area (Å²) >= 11 is 0. The number of hydrogen-bond acceptors (Lipinski definition) is 4. The van der Waals surface area contributed by atoms with Crippen LogP contribution in [0, 0.1) is 0 Å². The lowest BCUT2D eigenvalue weighted by Gasteiger charge is -2.14. The van der Waals surface area contributed by atoms with E-state index in [9.17, 15) is 4.79 Å². The first-order valence-electron chi connectivity index (χ1n) is 6.05. The van der Waals surface area contributed by atoms with Gasteiger partial charge in [-0.05, 0) is 30.7 Å². The van der Waals surface area contributed by atoms with E-state index >= 15 is 0 Å². The third-order valence-corrected chi connectivity index (χ3v) is 2.81. The predicted molar refractivity (Wildman–Crippen MR) is 73.9 cm³/mol. The molecule has 0 spiro atoms. The van der Waals surface area contributed by atoms with Gasteiger partial charge in [0, 0.05) is 31.2 Å². The van der Waals surface area contributed by atoms with Crippen molar-refractivity contribution in [1.29, 1.82) is 0 Å². The van der Waals surface area contributed by atoms with E-state index in [2.05, 4.69) is 20.6 Å². The molecule has 5 nitrogen and oxygen atoms in total. The lowest BCUT2D eigenvalue weighted by Crippen LogP contribution is -2.26. The number of aromatic nitrogens is 2. The fraction of sp³-hybridized carbons (Fsp3) is 0.214. The van der Waals surface area contributed by atoms with Crippen molar-refractivity contribution >= 4 is 11.7 Å². The van der Waals surface area contributed by atoms with Crippen molar-refractivity contribution in [3.63, 3.8) is 0 Å². The number of nitrogens with zero attached hydrogens (tertiary/aromatic N) is 2. The van der Waals surface area contributed by atoms with E-state index in [1.54, 1.807) is 37.8 Å². The third-order valence-electron chi connectivity index (χ3n) is 2.81. The van der Waals surface area contributed by atoms with Gasteiger partial charge in [0.05, 0.1) is 6.04 Å². The van der Waals surface area contributed by atoms with Gasteiger partial charge in [0.25, 0.3) is 5.91 Å². The van der Waals surface area contributed by atoms with E-state index in [1.165, 1.54) is 0 Å². The Balaban J connectivity index is 2.08. The van der Waals surface area contributed by atoms with Crippen molar-refractivity contribution in [2.24, 2.45) is 0 Å². The second kappa shape index (κ2) is 5.95. The standard InChI is InChI=1S/C14H16N4O/c1-10(12-4-3-6-16-9-12)18-14(19)11-5-7-17-13(8-11)15-2/h3-10H,1-2H3,(H,15,17)(H,18,19). The molecule has 0 bridgehead atoms. The lowest BCUT2D eigenvalue weighted by atomic mass is 10.1. The van der Waals surface area contributed by atoms with Crippen LogP contribution in [0.2, 0.25) is 0 Å². The molecule has 0 aliphatic heterocycles. The second-order valence-corrected chi connectivity index (χ2v) is 4.16. The van der Waals surface area contributed by atoms with Gasteiger partial charge in [-0.15, -0.1) is 0 Å². The number of anilines is 1. The van der Waals surface area contributed by atoms with E-state index < -0.39 is 0 Å². The fourth-order valence-electron chi connectivity index (χ4n) is 1.70. The van der Waals surface area contributed by atoms with Crippen molar-refractivity contribution in [1.82, 2.24) is 15.3 Å². The van der Waals surface area contributed by atoms with Crippen LogP contribution in [0.15, 0.2) is 42.9 Å². The van der Waals surface area contributed by atoms with Gasteiger partial charge in [-0.25, -0.2) is 4.98 Å². The quantitative estimate of drug-likeness (QED) is 0.878. The molecule has 0 aliphatic carbocycles. The minimum Gasteiger partial charge on any atom is -0.373 e. The number of carbonyl (C=O) groups is 1. The molecule has 0 radical (unpaired) electrons. The van der Waals surface area contributed by atoms with Gasteiger partial charge in [-0.3, -0.25) is 9.78 Å². The summed E-state index contributed by atoms with van der Waals surface area (Å²) in [5, 5.41) is 5.84. The Kier molecular flexibility index (Phi) is 4.07. The first-order chi connectivity index (χ1) is 9.20. The maximum absolute atomic E-state index is 12.1. The molecule has 2 heterocycles. The van der Waals surface area contributed by atoms with E-state index in [4.69, 9.17) is 0 Å². The molecule has 2 aromatic heterocycles. The molecule has 0 fully saturated rings. The van der Waals surface area contributed by atoms with E-state index in [-0.39, 0.29) is 11.9 Å². The zero-order valence-corrected chi connectivity index (χ0v) is 10.9. The average molecular weight is 256 g/mol. The fourth-order valence-corrected chi connectivity index (χ4v) is 1.70. The van der Waals surface area contributed by atoms with Crippen LogP contribution >= 0.6 is 0 Å². The Morgan fingerprint density at radius 2 is 2.16 bits per heavy atom. The topological polar surface area (TPSA) is 66.9 Å². The van der Waals surface area contributed by atoms with Crippen LogP contribution in [0.4, 0.5) is 5.82 Å². The van der Waals surface area contributed by atoms with Crippen LogP contribution in [0.3, 0.4) is 0 Å². The van der Waals surface area contributed by atoms with E-state index in [0.29, 0.717) is 11.4 Å². The molecule has 0 saturated carbocycles. The first kappa shape index (κ1) is 13.0. The van der Waals surface area contributed by atoms with Crippen molar-refractivity contribution in [2.45, 2.75) is 13.0 Å². The van der Waals surface area contributed by atoms with Crippen LogP contribution in [0.5, 0.6) is 0 Å². The van der Waals surface area contributed by atoms with Crippen molar-refractivity contribution in [2.75, 3.05) is 12.4 Å². The largest absolute Gasteiger partial charge is 0.373 e. The van der Waals surface area contributed by atoms with Crippen molar-refractivity contribution in [3.05, 3.63) is 54.0 Å². The van der Waals surface area contributed by atoms with Gasteiger partial charge in [0.15, 0.2) is 0 Å². The molecule has 1 amide bonds. The van der Waals surface area contributed by atoms with Gasteiger partial charge in [-0.1, -0.05) is 6.07 Å². The monoisotopic (exact) mass is 256 g/mol. The highest BCUT2D eigenvalue weighted by Crippen LogP contribution is 2.12. The number of hydrogen-bond donors (Lipinski definition) is 2. The lowest BCUT2D eigenvalue weighted by molar-refractivity contribution is 0.0940. The summed E-state index contributed by atoms with van der Waals surface area (Å²) in [6.45, 7) is 1.93. The summed E-state index contributed by atoms with van der Waals surface area (Å²) in [5.74, 6) is 0.539. The van der Waals surface area contributed by atoms with Crippen LogP contribution in [0.25, 0.3) is 0 Å². The van der Waals surface area contributed by atoms with Crippen LogP contribution in [0.1, 0.15) is 28.9 Å². The van der Waals surface area contributed by atoms with Crippen LogP contribution in [-0.2, 0) is 0 Å². The maximum Gasteiger partial charge on any atom is 0.251 e. The zero-order valence-electron chi connectivity index (χ0n) is 10.9. The SMILES string of the molecule is CNc1cc(C(=O)NC(C)c2cccnc2)ccn1. The molecule has 2 N–H and O–H groups in total. The molecule has 0 saturated heterocycles. The minimum absolute atomic E-state index is 0.0904. The number of amides is 1. The Morgan fingerprint density at radius 3 is 2.84 bits per heavy atom. The molecule has 1 unspecified atom stereocenters. The molecule has 2 aromatic rings. The van der Waals surface area contributed by atoms with E-state index in [1.807, 2.05) is 19.1 Å². The molecule has 98 valence electrons. The average Bonchev–Trinajstić information content (AvgIpc) is 2.48. The highest BCUT2D eigenvalue weighted by atomic mass is 16.1. The summed E-state index contributed by atoms with van der Waals surface area (Å²) in [4.78, 5) is 20.2. The Labute approximate surface area is 112 Å². The van der Waals surface area contributed by atoms with Gasteiger partial charge in [-0.2, -0.15) is 0 Å².